The summed E-state index contributed by atoms with van der Waals surface area (Å²) >= 11 is 0. The van der Waals surface area contributed by atoms with E-state index in [2.05, 4.69) is 26.5 Å². The summed E-state index contributed by atoms with van der Waals surface area (Å²) in [5.41, 5.74) is 3.47. The number of aromatic nitrogens is 3. The van der Waals surface area contributed by atoms with Crippen LogP contribution in [0, 0.1) is 0 Å². The van der Waals surface area contributed by atoms with Crippen molar-refractivity contribution in [2.75, 3.05) is 0 Å². The van der Waals surface area contributed by atoms with Crippen molar-refractivity contribution >= 4 is 22.8 Å². The topological polar surface area (TPSA) is 53.9 Å². The van der Waals surface area contributed by atoms with Crippen LogP contribution in [0.2, 0.25) is 0 Å². The van der Waals surface area contributed by atoms with Gasteiger partial charge in [-0.15, -0.1) is 0 Å². The standard InChI is InChI=1S/C11H8N4/c1-7-4-8(5-13-7)10-9-2-3-12-11(9)15-6-14-10/h2-6H,1H2,(H,12,14,15). The Morgan fingerprint density at radius 1 is 1.27 bits per heavy atom. The molecule has 0 aromatic carbocycles. The lowest BCUT2D eigenvalue weighted by atomic mass is 10.1. The van der Waals surface area contributed by atoms with E-state index in [9.17, 15) is 0 Å². The van der Waals surface area contributed by atoms with Crippen LogP contribution in [0.5, 0.6) is 0 Å². The minimum Gasteiger partial charge on any atom is -0.346 e. The fourth-order valence-corrected chi connectivity index (χ4v) is 1.64. The van der Waals surface area contributed by atoms with Crippen molar-refractivity contribution in [2.24, 2.45) is 4.99 Å². The van der Waals surface area contributed by atoms with Gasteiger partial charge in [-0.3, -0.25) is 4.99 Å². The average molecular weight is 196 g/mol. The maximum Gasteiger partial charge on any atom is 0.141 e. The molecule has 0 amide bonds. The van der Waals surface area contributed by atoms with E-state index >= 15 is 0 Å². The fourth-order valence-electron chi connectivity index (χ4n) is 1.64. The first-order valence-corrected chi connectivity index (χ1v) is 4.58. The molecule has 2 aromatic rings. The SMILES string of the molecule is C=C1C=C(c2ncnc3[nH]ccc23)C=N1. The number of fused-ring (bicyclic) bond motifs is 1. The zero-order valence-corrected chi connectivity index (χ0v) is 7.94. The summed E-state index contributed by atoms with van der Waals surface area (Å²) in [5.74, 6) is 0. The highest BCUT2D eigenvalue weighted by Gasteiger charge is 2.11. The van der Waals surface area contributed by atoms with Crippen molar-refractivity contribution in [2.45, 2.75) is 0 Å². The summed E-state index contributed by atoms with van der Waals surface area (Å²) in [6.07, 6.45) is 7.08. The molecule has 0 bridgehead atoms. The van der Waals surface area contributed by atoms with Gasteiger partial charge in [0.2, 0.25) is 0 Å². The highest BCUT2D eigenvalue weighted by atomic mass is 14.9. The van der Waals surface area contributed by atoms with Gasteiger partial charge in [-0.2, -0.15) is 0 Å². The van der Waals surface area contributed by atoms with E-state index in [1.54, 1.807) is 12.5 Å². The van der Waals surface area contributed by atoms with Crippen molar-refractivity contribution < 1.29 is 0 Å². The van der Waals surface area contributed by atoms with Crippen LogP contribution in [0.1, 0.15) is 5.69 Å². The number of rotatable bonds is 1. The van der Waals surface area contributed by atoms with Crippen LogP contribution in [0.25, 0.3) is 16.6 Å². The van der Waals surface area contributed by atoms with E-state index < -0.39 is 0 Å². The van der Waals surface area contributed by atoms with E-state index in [1.807, 2.05) is 18.3 Å². The van der Waals surface area contributed by atoms with Crippen LogP contribution in [-0.4, -0.2) is 21.2 Å². The van der Waals surface area contributed by atoms with Crippen molar-refractivity contribution in [1.82, 2.24) is 15.0 Å². The van der Waals surface area contributed by atoms with Crippen LogP contribution in [0.15, 0.2) is 41.9 Å². The number of nitrogens with zero attached hydrogens (tertiary/aromatic N) is 3. The summed E-state index contributed by atoms with van der Waals surface area (Å²) in [5, 5.41) is 1.00. The van der Waals surface area contributed by atoms with Crippen LogP contribution in [-0.2, 0) is 0 Å². The number of hydrogen-bond donors (Lipinski definition) is 1. The van der Waals surface area contributed by atoms with Gasteiger partial charge in [-0.1, -0.05) is 6.58 Å². The van der Waals surface area contributed by atoms with Gasteiger partial charge in [0, 0.05) is 23.4 Å². The molecule has 2 aromatic heterocycles. The third-order valence-electron chi connectivity index (χ3n) is 2.32. The zero-order chi connectivity index (χ0) is 10.3. The van der Waals surface area contributed by atoms with Crippen molar-refractivity contribution in [3.63, 3.8) is 0 Å². The molecular weight excluding hydrogens is 188 g/mol. The first kappa shape index (κ1) is 8.11. The van der Waals surface area contributed by atoms with E-state index in [0.717, 1.165) is 28.0 Å². The Morgan fingerprint density at radius 2 is 2.20 bits per heavy atom. The van der Waals surface area contributed by atoms with Crippen molar-refractivity contribution in [3.05, 3.63) is 42.6 Å². The van der Waals surface area contributed by atoms with Crippen molar-refractivity contribution in [3.8, 4) is 0 Å². The predicted molar refractivity (Wildman–Crippen MR) is 59.5 cm³/mol. The number of allylic oxidation sites excluding steroid dienone is 2. The molecular formula is C11H8N4. The molecule has 72 valence electrons. The summed E-state index contributed by atoms with van der Waals surface area (Å²) < 4.78 is 0. The molecule has 4 nitrogen and oxygen atoms in total. The molecule has 15 heavy (non-hydrogen) atoms. The van der Waals surface area contributed by atoms with Gasteiger partial charge in [0.25, 0.3) is 0 Å². The summed E-state index contributed by atoms with van der Waals surface area (Å²) in [6, 6.07) is 1.96. The van der Waals surface area contributed by atoms with Crippen LogP contribution < -0.4 is 0 Å². The van der Waals surface area contributed by atoms with Gasteiger partial charge in [0.15, 0.2) is 0 Å². The number of aromatic amines is 1. The predicted octanol–water partition coefficient (Wildman–Crippen LogP) is 1.94. The normalized spacial score (nSPS) is 14.9. The first-order chi connectivity index (χ1) is 7.34. The van der Waals surface area contributed by atoms with Gasteiger partial charge in [-0.05, 0) is 12.1 Å². The molecule has 0 saturated heterocycles. The highest BCUT2D eigenvalue weighted by Crippen LogP contribution is 2.23. The molecule has 0 unspecified atom stereocenters. The quantitative estimate of drug-likeness (QED) is 0.757. The Morgan fingerprint density at radius 3 is 3.00 bits per heavy atom. The lowest BCUT2D eigenvalue weighted by molar-refractivity contribution is 1.18. The van der Waals surface area contributed by atoms with Gasteiger partial charge in [-0.25, -0.2) is 9.97 Å². The molecule has 0 aliphatic carbocycles. The molecule has 1 aliphatic heterocycles. The van der Waals surface area contributed by atoms with Crippen LogP contribution >= 0.6 is 0 Å². The third kappa shape index (κ3) is 1.19. The Balaban J connectivity index is 2.27. The van der Waals surface area contributed by atoms with E-state index in [1.165, 1.54) is 0 Å². The number of H-pyrrole nitrogens is 1. The van der Waals surface area contributed by atoms with Crippen LogP contribution in [0.4, 0.5) is 0 Å². The molecule has 4 heteroatoms. The van der Waals surface area contributed by atoms with E-state index in [0.29, 0.717) is 0 Å². The number of hydrogen-bond acceptors (Lipinski definition) is 3. The molecule has 3 heterocycles. The minimum atomic E-state index is 0.757. The van der Waals surface area contributed by atoms with Gasteiger partial charge in [0.1, 0.15) is 12.0 Å². The van der Waals surface area contributed by atoms with Crippen molar-refractivity contribution in [1.29, 1.82) is 0 Å². The Bertz CT molecular complexity index is 604. The lowest BCUT2D eigenvalue weighted by Crippen LogP contribution is -1.91. The third-order valence-corrected chi connectivity index (χ3v) is 2.32. The summed E-state index contributed by atoms with van der Waals surface area (Å²) in [4.78, 5) is 15.5. The molecule has 1 N–H and O–H groups in total. The molecule has 1 aliphatic rings. The largest absolute Gasteiger partial charge is 0.346 e. The molecule has 0 radical (unpaired) electrons. The second-order valence-corrected chi connectivity index (χ2v) is 3.31. The highest BCUT2D eigenvalue weighted by molar-refractivity contribution is 6.16. The Labute approximate surface area is 86.1 Å². The second kappa shape index (κ2) is 2.88. The minimum absolute atomic E-state index is 0.757. The molecule has 3 rings (SSSR count). The summed E-state index contributed by atoms with van der Waals surface area (Å²) in [7, 11) is 0. The first-order valence-electron chi connectivity index (χ1n) is 4.58. The van der Waals surface area contributed by atoms with E-state index in [-0.39, 0.29) is 0 Å². The Hall–Kier alpha value is -2.23. The Kier molecular flexibility index (Phi) is 1.56. The maximum atomic E-state index is 4.26. The summed E-state index contributed by atoms with van der Waals surface area (Å²) in [6.45, 7) is 3.77. The number of nitrogens with one attached hydrogen (secondary N) is 1. The monoisotopic (exact) mass is 196 g/mol. The number of aliphatic imine (C=N–C) groups is 1. The molecule has 0 fully saturated rings. The van der Waals surface area contributed by atoms with Crippen LogP contribution in [0.3, 0.4) is 0 Å². The van der Waals surface area contributed by atoms with Gasteiger partial charge < -0.3 is 4.98 Å². The van der Waals surface area contributed by atoms with Gasteiger partial charge >= 0.3 is 0 Å². The molecule has 0 atom stereocenters. The molecule has 0 saturated carbocycles. The maximum absolute atomic E-state index is 4.26. The average Bonchev–Trinajstić information content (AvgIpc) is 2.84. The van der Waals surface area contributed by atoms with Gasteiger partial charge in [0.05, 0.1) is 11.4 Å². The fraction of sp³-hybridized carbons (Fsp3) is 0. The molecule has 0 spiro atoms. The lowest BCUT2D eigenvalue weighted by Gasteiger charge is -1.98. The van der Waals surface area contributed by atoms with E-state index in [4.69, 9.17) is 0 Å². The smallest absolute Gasteiger partial charge is 0.141 e. The second-order valence-electron chi connectivity index (χ2n) is 3.31. The zero-order valence-electron chi connectivity index (χ0n) is 7.94.